The summed E-state index contributed by atoms with van der Waals surface area (Å²) >= 11 is 2.91. The highest BCUT2D eigenvalue weighted by atomic mass is 32.1. The lowest BCUT2D eigenvalue weighted by atomic mass is 10.1. The number of hydrogen-bond donors (Lipinski definition) is 4. The van der Waals surface area contributed by atoms with Crippen LogP contribution in [0.1, 0.15) is 45.7 Å². The van der Waals surface area contributed by atoms with E-state index >= 15 is 0 Å². The number of anilines is 1. The number of nitrogen functional groups attached to an aromatic ring is 1. The molecule has 2 amide bonds. The molecule has 6 rings (SSSR count). The van der Waals surface area contributed by atoms with Crippen molar-refractivity contribution < 1.29 is 14.7 Å². The number of imidazole rings is 1. The van der Waals surface area contributed by atoms with Crippen LogP contribution in [0, 0.1) is 5.92 Å². The lowest BCUT2D eigenvalue weighted by molar-refractivity contribution is 0.0903. The van der Waals surface area contributed by atoms with Gasteiger partial charge < -0.3 is 21.5 Å². The zero-order chi connectivity index (χ0) is 26.2. The number of nitrogens with one attached hydrogen (secondary N) is 2. The number of pyridine rings is 1. The van der Waals surface area contributed by atoms with Gasteiger partial charge in [-0.05, 0) is 53.6 Å². The third-order valence-corrected chi connectivity index (χ3v) is 8.23. The predicted octanol–water partition coefficient (Wildman–Crippen LogP) is 4.08. The van der Waals surface area contributed by atoms with Crippen molar-refractivity contribution in [1.29, 1.82) is 0 Å². The van der Waals surface area contributed by atoms with E-state index in [2.05, 4.69) is 15.6 Å². The largest absolute Gasteiger partial charge is 0.394 e. The molecule has 0 bridgehead atoms. The molecule has 38 heavy (non-hydrogen) atoms. The van der Waals surface area contributed by atoms with Gasteiger partial charge in [0.05, 0.1) is 28.4 Å². The van der Waals surface area contributed by atoms with E-state index in [9.17, 15) is 14.7 Å². The number of hydrogen-bond acceptors (Lipinski definition) is 8. The number of nitrogens with zero attached hydrogens (tertiary/aromatic N) is 3. The summed E-state index contributed by atoms with van der Waals surface area (Å²) in [6.45, 7) is 0.193. The molecule has 4 aromatic heterocycles. The normalized spacial score (nSPS) is 14.1. The zero-order valence-electron chi connectivity index (χ0n) is 20.4. The Morgan fingerprint density at radius 1 is 1.18 bits per heavy atom. The van der Waals surface area contributed by atoms with Crippen LogP contribution in [0.2, 0.25) is 0 Å². The molecule has 0 radical (unpaired) electrons. The molecule has 1 aliphatic carbocycles. The van der Waals surface area contributed by atoms with E-state index in [4.69, 9.17) is 10.7 Å². The smallest absolute Gasteiger partial charge is 0.270 e. The van der Waals surface area contributed by atoms with Gasteiger partial charge >= 0.3 is 0 Å². The first-order valence-corrected chi connectivity index (χ1v) is 14.1. The first kappa shape index (κ1) is 24.5. The van der Waals surface area contributed by atoms with E-state index in [1.54, 1.807) is 22.7 Å². The average molecular weight is 547 g/mol. The van der Waals surface area contributed by atoms with E-state index in [-0.39, 0.29) is 24.5 Å². The molecule has 1 saturated carbocycles. The summed E-state index contributed by atoms with van der Waals surface area (Å²) in [5, 5.41) is 20.2. The number of fused-ring (bicyclic) bond motifs is 2. The molecular formula is C27H26N6O3S2. The molecule has 5 N–H and O–H groups in total. The summed E-state index contributed by atoms with van der Waals surface area (Å²) in [7, 11) is 0. The van der Waals surface area contributed by atoms with Gasteiger partial charge in [0.1, 0.15) is 11.4 Å². The number of aliphatic hydroxyl groups is 1. The van der Waals surface area contributed by atoms with Crippen LogP contribution in [-0.4, -0.2) is 43.9 Å². The lowest BCUT2D eigenvalue weighted by Gasteiger charge is -2.16. The minimum absolute atomic E-state index is 0.125. The van der Waals surface area contributed by atoms with Crippen molar-refractivity contribution in [3.05, 3.63) is 70.2 Å². The van der Waals surface area contributed by atoms with Crippen LogP contribution in [0.5, 0.6) is 0 Å². The maximum Gasteiger partial charge on any atom is 0.270 e. The third-order valence-electron chi connectivity index (χ3n) is 6.70. The van der Waals surface area contributed by atoms with E-state index < -0.39 is 0 Å². The summed E-state index contributed by atoms with van der Waals surface area (Å²) in [5.74, 6) is -0.0705. The maximum atomic E-state index is 13.5. The lowest BCUT2D eigenvalue weighted by Crippen LogP contribution is -2.38. The molecular weight excluding hydrogens is 520 g/mol. The van der Waals surface area contributed by atoms with Gasteiger partial charge in [0, 0.05) is 23.7 Å². The van der Waals surface area contributed by atoms with Gasteiger partial charge in [0.25, 0.3) is 11.8 Å². The van der Waals surface area contributed by atoms with Crippen LogP contribution in [0.25, 0.3) is 27.1 Å². The van der Waals surface area contributed by atoms with Gasteiger partial charge in [-0.2, -0.15) is 11.3 Å². The van der Waals surface area contributed by atoms with Crippen molar-refractivity contribution >= 4 is 55.5 Å². The Labute approximate surface area is 226 Å². The standard InChI is InChI=1S/C27H26N6O3S2/c28-27-31-20-6-5-16(11-21(20)38-27)12-29-25(35)19-2-1-8-33-23(22(32-24(19)33)17-7-9-37-14-17)26(36)30-18(13-34)10-15-3-4-15/h1-2,5-9,11,14-15,18,34H,3-4,10,12-13H2,(H2,28,31)(H,29,35)(H,30,36)/t18-/m0/s1. The second-order valence-electron chi connectivity index (χ2n) is 9.51. The molecule has 194 valence electrons. The van der Waals surface area contributed by atoms with Gasteiger partial charge in [0.15, 0.2) is 10.8 Å². The molecule has 1 fully saturated rings. The number of rotatable bonds is 9. The van der Waals surface area contributed by atoms with Crippen molar-refractivity contribution in [2.45, 2.75) is 31.8 Å². The Kier molecular flexibility index (Phi) is 6.56. The summed E-state index contributed by atoms with van der Waals surface area (Å²) in [4.78, 5) is 35.9. The fourth-order valence-electron chi connectivity index (χ4n) is 4.63. The highest BCUT2D eigenvalue weighted by Crippen LogP contribution is 2.34. The minimum atomic E-state index is -0.326. The SMILES string of the molecule is Nc1nc2ccc(CNC(=O)c3cccn4c(C(=O)N[C@H](CO)CC5CC5)c(-c5ccsc5)nc34)cc2s1. The Hall–Kier alpha value is -3.80. The van der Waals surface area contributed by atoms with Crippen LogP contribution in [0.4, 0.5) is 5.13 Å². The predicted molar refractivity (Wildman–Crippen MR) is 149 cm³/mol. The van der Waals surface area contributed by atoms with Crippen molar-refractivity contribution in [2.24, 2.45) is 5.92 Å². The minimum Gasteiger partial charge on any atom is -0.394 e. The van der Waals surface area contributed by atoms with E-state index in [1.807, 2.05) is 35.0 Å². The number of carbonyl (C=O) groups is 2. The number of aliphatic hydroxyl groups excluding tert-OH is 1. The Morgan fingerprint density at radius 2 is 2.05 bits per heavy atom. The first-order chi connectivity index (χ1) is 18.5. The Bertz CT molecular complexity index is 1640. The topological polar surface area (TPSA) is 135 Å². The summed E-state index contributed by atoms with van der Waals surface area (Å²) in [6, 6.07) is 10.8. The Morgan fingerprint density at radius 3 is 2.82 bits per heavy atom. The van der Waals surface area contributed by atoms with Crippen LogP contribution in [0.3, 0.4) is 0 Å². The van der Waals surface area contributed by atoms with Gasteiger partial charge in [-0.3, -0.25) is 14.0 Å². The highest BCUT2D eigenvalue weighted by molar-refractivity contribution is 7.22. The molecule has 5 aromatic rings. The van der Waals surface area contributed by atoms with Gasteiger partial charge in [0.2, 0.25) is 0 Å². The maximum absolute atomic E-state index is 13.5. The first-order valence-electron chi connectivity index (χ1n) is 12.4. The number of aromatic nitrogens is 3. The molecule has 11 heteroatoms. The quantitative estimate of drug-likeness (QED) is 0.220. The summed E-state index contributed by atoms with van der Waals surface area (Å²) < 4.78 is 2.62. The monoisotopic (exact) mass is 546 g/mol. The van der Waals surface area contributed by atoms with Crippen molar-refractivity contribution in [1.82, 2.24) is 25.0 Å². The second kappa shape index (κ2) is 10.2. The Balaban J connectivity index is 1.30. The molecule has 1 aliphatic rings. The van der Waals surface area contributed by atoms with Crippen molar-refractivity contribution in [3.63, 3.8) is 0 Å². The van der Waals surface area contributed by atoms with Crippen LogP contribution in [-0.2, 0) is 6.54 Å². The zero-order valence-corrected chi connectivity index (χ0v) is 22.0. The molecule has 4 heterocycles. The molecule has 0 aliphatic heterocycles. The number of thiophene rings is 1. The highest BCUT2D eigenvalue weighted by Gasteiger charge is 2.29. The van der Waals surface area contributed by atoms with Gasteiger partial charge in [-0.25, -0.2) is 9.97 Å². The fourth-order valence-corrected chi connectivity index (χ4v) is 6.06. The van der Waals surface area contributed by atoms with Gasteiger partial charge in [-0.1, -0.05) is 30.2 Å². The summed E-state index contributed by atoms with van der Waals surface area (Å²) in [6.07, 6.45) is 4.75. The fraction of sp³-hybridized carbons (Fsp3) is 0.259. The number of amides is 2. The van der Waals surface area contributed by atoms with E-state index in [1.165, 1.54) is 22.7 Å². The summed E-state index contributed by atoms with van der Waals surface area (Å²) in [5.41, 5.74) is 9.97. The van der Waals surface area contributed by atoms with Crippen LogP contribution < -0.4 is 16.4 Å². The molecule has 1 atom stereocenters. The number of nitrogens with two attached hydrogens (primary N) is 1. The van der Waals surface area contributed by atoms with Crippen LogP contribution >= 0.6 is 22.7 Å². The van der Waals surface area contributed by atoms with Gasteiger partial charge in [-0.15, -0.1) is 0 Å². The average Bonchev–Trinajstić information content (AvgIpc) is 3.29. The van der Waals surface area contributed by atoms with E-state index in [0.717, 1.165) is 40.6 Å². The molecule has 0 saturated heterocycles. The molecule has 0 spiro atoms. The molecule has 9 nitrogen and oxygen atoms in total. The van der Waals surface area contributed by atoms with E-state index in [0.29, 0.717) is 40.2 Å². The number of carbonyl (C=O) groups excluding carboxylic acids is 2. The number of benzene rings is 1. The molecule has 0 unspecified atom stereocenters. The second-order valence-corrected chi connectivity index (χ2v) is 11.3. The van der Waals surface area contributed by atoms with Crippen molar-refractivity contribution in [2.75, 3.05) is 12.3 Å². The molecule has 1 aromatic carbocycles. The number of thiazole rings is 1. The van der Waals surface area contributed by atoms with Crippen LogP contribution in [0.15, 0.2) is 53.4 Å². The third kappa shape index (κ3) is 4.87. The van der Waals surface area contributed by atoms with Crippen molar-refractivity contribution in [3.8, 4) is 11.3 Å².